The first-order chi connectivity index (χ1) is 19.5. The summed E-state index contributed by atoms with van der Waals surface area (Å²) in [7, 11) is 0. The Labute approximate surface area is 231 Å². The molecule has 6 nitrogen and oxygen atoms in total. The van der Waals surface area contributed by atoms with Crippen LogP contribution in [0.4, 0.5) is 27.5 Å². The van der Waals surface area contributed by atoms with Crippen molar-refractivity contribution in [2.45, 2.75) is 6.92 Å². The Morgan fingerprint density at radius 2 is 1.00 bits per heavy atom. The van der Waals surface area contributed by atoms with Gasteiger partial charge in [-0.2, -0.15) is 0 Å². The maximum Gasteiger partial charge on any atom is 0.323 e. The fourth-order valence-electron chi connectivity index (χ4n) is 4.63. The van der Waals surface area contributed by atoms with Crippen molar-refractivity contribution in [3.8, 4) is 0 Å². The summed E-state index contributed by atoms with van der Waals surface area (Å²) in [5, 5.41) is 11.3. The van der Waals surface area contributed by atoms with Crippen LogP contribution in [0.1, 0.15) is 21.5 Å². The van der Waals surface area contributed by atoms with Crippen LogP contribution >= 0.6 is 0 Å². The molecule has 0 atom stereocenters. The fraction of sp³-hybridized carbons (Fsp3) is 0.0294. The van der Waals surface area contributed by atoms with Crippen LogP contribution in [0.5, 0.6) is 0 Å². The summed E-state index contributed by atoms with van der Waals surface area (Å²) in [4.78, 5) is 30.1. The quantitative estimate of drug-likeness (QED) is 0.152. The van der Waals surface area contributed by atoms with Crippen LogP contribution in [0.25, 0.3) is 21.8 Å². The number of anilines is 4. The Kier molecular flexibility index (Phi) is 6.65. The number of carbonyl (C=O) groups excluding carboxylic acids is 2. The van der Waals surface area contributed by atoms with Gasteiger partial charge in [0.2, 0.25) is 0 Å². The van der Waals surface area contributed by atoms with E-state index in [2.05, 4.69) is 28.1 Å². The number of pyridine rings is 1. The molecule has 6 rings (SSSR count). The van der Waals surface area contributed by atoms with E-state index in [-0.39, 0.29) is 11.8 Å². The first-order valence-corrected chi connectivity index (χ1v) is 13.0. The average Bonchev–Trinajstić information content (AvgIpc) is 2.98. The van der Waals surface area contributed by atoms with Crippen LogP contribution in [-0.4, -0.2) is 16.8 Å². The van der Waals surface area contributed by atoms with E-state index in [1.165, 1.54) is 0 Å². The second kappa shape index (κ2) is 10.7. The van der Waals surface area contributed by atoms with Gasteiger partial charge in [0.05, 0.1) is 16.7 Å². The van der Waals surface area contributed by atoms with Crippen LogP contribution in [0.3, 0.4) is 0 Å². The number of ketones is 1. The summed E-state index contributed by atoms with van der Waals surface area (Å²) in [6, 6.07) is 37.6. The largest absolute Gasteiger partial charge is 0.354 e. The molecule has 0 aliphatic carbocycles. The van der Waals surface area contributed by atoms with Gasteiger partial charge in [0, 0.05) is 39.0 Å². The van der Waals surface area contributed by atoms with Gasteiger partial charge in [-0.3, -0.25) is 4.79 Å². The number of aryl methyl sites for hydroxylation is 1. The van der Waals surface area contributed by atoms with Crippen molar-refractivity contribution in [2.24, 2.45) is 0 Å². The molecule has 1 aromatic heterocycles. The minimum Gasteiger partial charge on any atom is -0.354 e. The van der Waals surface area contributed by atoms with E-state index in [0.29, 0.717) is 22.5 Å². The lowest BCUT2D eigenvalue weighted by atomic mass is 10.0. The first kappa shape index (κ1) is 24.8. The average molecular weight is 523 g/mol. The number of aromatic nitrogens is 1. The van der Waals surface area contributed by atoms with E-state index in [4.69, 9.17) is 4.98 Å². The lowest BCUT2D eigenvalue weighted by Crippen LogP contribution is -2.19. The van der Waals surface area contributed by atoms with Crippen LogP contribution in [0, 0.1) is 6.92 Å². The molecule has 0 saturated carbocycles. The number of para-hydroxylation sites is 2. The Hall–Kier alpha value is -5.49. The van der Waals surface area contributed by atoms with Gasteiger partial charge in [-0.15, -0.1) is 0 Å². The molecule has 0 radical (unpaired) electrons. The molecule has 0 spiro atoms. The number of fused-ring (bicyclic) bond motifs is 2. The highest BCUT2D eigenvalue weighted by molar-refractivity contribution is 6.10. The van der Waals surface area contributed by atoms with E-state index in [1.807, 2.05) is 91.9 Å². The van der Waals surface area contributed by atoms with E-state index in [0.717, 1.165) is 38.7 Å². The number of amides is 2. The number of nitrogens with zero attached hydrogens (tertiary/aromatic N) is 1. The second-order valence-corrected chi connectivity index (χ2v) is 9.58. The number of rotatable bonds is 6. The van der Waals surface area contributed by atoms with Crippen molar-refractivity contribution < 1.29 is 9.59 Å². The molecule has 6 heteroatoms. The molecular formula is C34H26N4O2. The number of carbonyl (C=O) groups is 2. The van der Waals surface area contributed by atoms with Gasteiger partial charge in [0.25, 0.3) is 0 Å². The van der Waals surface area contributed by atoms with Crippen molar-refractivity contribution in [3.05, 3.63) is 138 Å². The van der Waals surface area contributed by atoms with E-state index in [1.54, 1.807) is 24.3 Å². The smallest absolute Gasteiger partial charge is 0.323 e. The highest BCUT2D eigenvalue weighted by Crippen LogP contribution is 2.33. The van der Waals surface area contributed by atoms with E-state index >= 15 is 0 Å². The number of urea groups is 1. The number of hydrogen-bond acceptors (Lipinski definition) is 4. The molecular weight excluding hydrogens is 496 g/mol. The highest BCUT2D eigenvalue weighted by Gasteiger charge is 2.11. The van der Waals surface area contributed by atoms with Gasteiger partial charge in [0.15, 0.2) is 5.78 Å². The third-order valence-corrected chi connectivity index (χ3v) is 6.72. The molecule has 2 amide bonds. The lowest BCUT2D eigenvalue weighted by molar-refractivity contribution is 0.103. The molecule has 0 bridgehead atoms. The molecule has 194 valence electrons. The summed E-state index contributed by atoms with van der Waals surface area (Å²) in [5.74, 6) is -0.0579. The minimum absolute atomic E-state index is 0.0579. The van der Waals surface area contributed by atoms with Gasteiger partial charge in [-0.1, -0.05) is 66.2 Å². The van der Waals surface area contributed by atoms with Gasteiger partial charge in [0.1, 0.15) is 0 Å². The van der Waals surface area contributed by atoms with Crippen LogP contribution in [-0.2, 0) is 0 Å². The first-order valence-electron chi connectivity index (χ1n) is 13.0. The Morgan fingerprint density at radius 1 is 0.550 bits per heavy atom. The summed E-state index contributed by atoms with van der Waals surface area (Å²) >= 11 is 0. The molecule has 1 heterocycles. The van der Waals surface area contributed by atoms with Crippen molar-refractivity contribution >= 4 is 56.4 Å². The van der Waals surface area contributed by atoms with Crippen molar-refractivity contribution in [1.82, 2.24) is 4.98 Å². The number of hydrogen-bond donors (Lipinski definition) is 3. The van der Waals surface area contributed by atoms with Crippen molar-refractivity contribution in [3.63, 3.8) is 0 Å². The topological polar surface area (TPSA) is 83.1 Å². The summed E-state index contributed by atoms with van der Waals surface area (Å²) in [5.41, 5.74) is 7.26. The zero-order valence-corrected chi connectivity index (χ0v) is 21.8. The SMILES string of the molecule is Cc1ccc(C(=O)c2ccc(NC(=O)Nc3ccc(Nc4c5ccccc5nc5ccccc45)cc3)cc2)cc1. The van der Waals surface area contributed by atoms with Gasteiger partial charge < -0.3 is 16.0 Å². The second-order valence-electron chi connectivity index (χ2n) is 9.58. The summed E-state index contributed by atoms with van der Waals surface area (Å²) in [6.45, 7) is 1.98. The molecule has 0 aliphatic heterocycles. The lowest BCUT2D eigenvalue weighted by Gasteiger charge is -2.14. The zero-order chi connectivity index (χ0) is 27.5. The van der Waals surface area contributed by atoms with E-state index in [9.17, 15) is 9.59 Å². The van der Waals surface area contributed by atoms with Gasteiger partial charge in [-0.05, 0) is 67.6 Å². The Bertz CT molecular complexity index is 1790. The molecule has 6 aromatic rings. The predicted octanol–water partition coefficient (Wildman–Crippen LogP) is 8.32. The van der Waals surface area contributed by atoms with Crippen LogP contribution in [0.2, 0.25) is 0 Å². The predicted molar refractivity (Wildman–Crippen MR) is 163 cm³/mol. The maximum atomic E-state index is 12.7. The minimum atomic E-state index is -0.371. The molecule has 0 fully saturated rings. The summed E-state index contributed by atoms with van der Waals surface area (Å²) < 4.78 is 0. The standard InChI is InChI=1S/C34H26N4O2/c1-22-10-12-23(13-11-22)33(39)24-14-16-26(17-15-24)36-34(40)37-27-20-18-25(19-21-27)35-32-28-6-2-4-8-30(28)38-31-9-5-3-7-29(31)32/h2-21H,1H3,(H,35,38)(H2,36,37,40). The summed E-state index contributed by atoms with van der Waals surface area (Å²) in [6.07, 6.45) is 0. The molecule has 0 aliphatic rings. The van der Waals surface area contributed by atoms with Crippen LogP contribution < -0.4 is 16.0 Å². The monoisotopic (exact) mass is 522 g/mol. The maximum absolute atomic E-state index is 12.7. The fourth-order valence-corrected chi connectivity index (χ4v) is 4.63. The highest BCUT2D eigenvalue weighted by atomic mass is 16.2. The van der Waals surface area contributed by atoms with Crippen molar-refractivity contribution in [1.29, 1.82) is 0 Å². The third-order valence-electron chi connectivity index (χ3n) is 6.72. The molecule has 0 unspecified atom stereocenters. The van der Waals surface area contributed by atoms with Crippen molar-refractivity contribution in [2.75, 3.05) is 16.0 Å². The number of nitrogens with one attached hydrogen (secondary N) is 3. The Morgan fingerprint density at radius 3 is 1.55 bits per heavy atom. The normalized spacial score (nSPS) is 10.8. The molecule has 5 aromatic carbocycles. The molecule has 0 saturated heterocycles. The molecule has 3 N–H and O–H groups in total. The Balaban J connectivity index is 1.12. The molecule has 40 heavy (non-hydrogen) atoms. The number of benzene rings is 5. The third kappa shape index (κ3) is 5.24. The van der Waals surface area contributed by atoms with Crippen LogP contribution in [0.15, 0.2) is 121 Å². The van der Waals surface area contributed by atoms with Gasteiger partial charge in [-0.25, -0.2) is 9.78 Å². The van der Waals surface area contributed by atoms with E-state index < -0.39 is 0 Å². The van der Waals surface area contributed by atoms with Gasteiger partial charge >= 0.3 is 6.03 Å². The zero-order valence-electron chi connectivity index (χ0n) is 21.8.